The molecule has 2 unspecified atom stereocenters. The van der Waals surface area contributed by atoms with Gasteiger partial charge in [-0.05, 0) is 68.9 Å². The van der Waals surface area contributed by atoms with Crippen molar-refractivity contribution in [3.63, 3.8) is 0 Å². The number of hydrogen-bond acceptors (Lipinski definition) is 5. The number of nitrogens with one attached hydrogen (secondary N) is 2. The lowest BCUT2D eigenvalue weighted by Crippen LogP contribution is -2.58. The van der Waals surface area contributed by atoms with Crippen molar-refractivity contribution in [2.75, 3.05) is 13.2 Å². The van der Waals surface area contributed by atoms with E-state index >= 15 is 0 Å². The van der Waals surface area contributed by atoms with Crippen LogP contribution in [0.2, 0.25) is 0 Å². The minimum atomic E-state index is -1.20. The molecule has 3 aromatic rings. The molecule has 2 amide bonds. The van der Waals surface area contributed by atoms with Crippen LogP contribution in [0.15, 0.2) is 24.3 Å². The number of aromatic nitrogens is 1. The summed E-state index contributed by atoms with van der Waals surface area (Å²) in [5.74, 6) is 0.115. The Kier molecular flexibility index (Phi) is 5.95. The van der Waals surface area contributed by atoms with E-state index in [1.54, 1.807) is 11.8 Å². The fraction of sp³-hybridized carbons (Fsp3) is 0.429. The summed E-state index contributed by atoms with van der Waals surface area (Å²) in [6.07, 6.45) is 1.66. The highest BCUT2D eigenvalue weighted by atomic mass is 16.5. The average molecular weight is 492 g/mol. The predicted molar refractivity (Wildman–Crippen MR) is 136 cm³/mol. The smallest absolute Gasteiger partial charge is 0.264 e. The zero-order valence-corrected chi connectivity index (χ0v) is 21.2. The van der Waals surface area contributed by atoms with Gasteiger partial charge in [0.05, 0.1) is 13.2 Å². The van der Waals surface area contributed by atoms with Crippen molar-refractivity contribution < 1.29 is 24.5 Å². The molecule has 0 saturated carbocycles. The minimum Gasteiger partial charge on any atom is -0.507 e. The number of rotatable bonds is 4. The molecule has 0 bridgehead atoms. The van der Waals surface area contributed by atoms with Crippen LogP contribution in [-0.2, 0) is 29.0 Å². The number of aliphatic hydroxyl groups is 1. The van der Waals surface area contributed by atoms with Crippen LogP contribution in [0.25, 0.3) is 10.9 Å². The van der Waals surface area contributed by atoms with Gasteiger partial charge in [-0.2, -0.15) is 0 Å². The maximum Gasteiger partial charge on any atom is 0.264 e. The molecule has 8 heteroatoms. The number of aromatic amines is 1. The number of H-pyrrole nitrogens is 1. The first-order chi connectivity index (χ1) is 17.1. The number of aliphatic hydroxyl groups excluding tert-OH is 1. The summed E-state index contributed by atoms with van der Waals surface area (Å²) >= 11 is 0. The van der Waals surface area contributed by atoms with Crippen LogP contribution in [0.3, 0.4) is 0 Å². The number of carbonyl (C=O) groups is 2. The lowest BCUT2D eigenvalue weighted by molar-refractivity contribution is -0.144. The first-order valence-electron chi connectivity index (χ1n) is 12.4. The normalized spacial score (nSPS) is 19.9. The third-order valence-corrected chi connectivity index (χ3v) is 7.98. The molecule has 1 aromatic heterocycles. The van der Waals surface area contributed by atoms with Crippen LogP contribution in [0, 0.1) is 20.8 Å². The molecule has 0 saturated heterocycles. The number of carbonyl (C=O) groups excluding carboxylic acids is 2. The molecular weight excluding hydrogens is 458 g/mol. The van der Waals surface area contributed by atoms with Crippen molar-refractivity contribution >= 4 is 22.7 Å². The molecule has 0 aliphatic carbocycles. The zero-order valence-electron chi connectivity index (χ0n) is 21.2. The maximum atomic E-state index is 13.4. The summed E-state index contributed by atoms with van der Waals surface area (Å²) in [7, 11) is 0. The quantitative estimate of drug-likeness (QED) is 0.448. The van der Waals surface area contributed by atoms with E-state index in [0.29, 0.717) is 38.1 Å². The fourth-order valence-electron chi connectivity index (χ4n) is 5.51. The van der Waals surface area contributed by atoms with E-state index < -0.39 is 24.2 Å². The predicted octanol–water partition coefficient (Wildman–Crippen LogP) is 2.94. The summed E-state index contributed by atoms with van der Waals surface area (Å²) < 4.78 is 6.24. The Balaban J connectivity index is 1.32. The number of phenolic OH excluding ortho intramolecular Hbond substituents is 1. The van der Waals surface area contributed by atoms with Crippen LogP contribution < -0.4 is 10.1 Å². The van der Waals surface area contributed by atoms with Gasteiger partial charge in [0, 0.05) is 35.1 Å². The molecule has 0 radical (unpaired) electrons. The summed E-state index contributed by atoms with van der Waals surface area (Å²) in [5, 5.41) is 24.4. The number of fused-ring (bicyclic) bond motifs is 4. The molecule has 0 spiro atoms. The van der Waals surface area contributed by atoms with Crippen molar-refractivity contribution in [1.29, 1.82) is 0 Å². The molecule has 36 heavy (non-hydrogen) atoms. The molecule has 8 nitrogen and oxygen atoms in total. The molecule has 5 rings (SSSR count). The third kappa shape index (κ3) is 3.80. The molecule has 2 aliphatic heterocycles. The highest BCUT2D eigenvalue weighted by Gasteiger charge is 2.42. The fourth-order valence-corrected chi connectivity index (χ4v) is 5.51. The highest BCUT2D eigenvalue weighted by molar-refractivity contribution is 5.92. The lowest BCUT2D eigenvalue weighted by atomic mass is 9.86. The average Bonchev–Trinajstić information content (AvgIpc) is 3.26. The molecule has 0 fully saturated rings. The van der Waals surface area contributed by atoms with Crippen molar-refractivity contribution in [3.8, 4) is 11.5 Å². The van der Waals surface area contributed by atoms with Gasteiger partial charge in [-0.25, -0.2) is 0 Å². The maximum absolute atomic E-state index is 13.4. The topological polar surface area (TPSA) is 115 Å². The summed E-state index contributed by atoms with van der Waals surface area (Å²) in [5.41, 5.74) is 5.23. The Morgan fingerprint density at radius 1 is 1.14 bits per heavy atom. The van der Waals surface area contributed by atoms with Crippen LogP contribution in [0.5, 0.6) is 11.5 Å². The standard InChI is InChI=1S/C28H33N3O5/c1-15-16(2)25-18(17(3)24(15)33)9-11-28(4,36-25)27(35)30-23(14-32)26(34)31-12-10-20-19-7-5-6-8-21(19)29-22(20)13-31/h5-8,23,29,32-33H,9-14H2,1-4H3,(H,30,35). The van der Waals surface area contributed by atoms with Gasteiger partial charge in [-0.1, -0.05) is 18.2 Å². The second kappa shape index (κ2) is 8.85. The zero-order chi connectivity index (χ0) is 25.8. The van der Waals surface area contributed by atoms with E-state index in [-0.39, 0.29) is 11.7 Å². The number of benzene rings is 2. The Labute approximate surface area is 210 Å². The van der Waals surface area contributed by atoms with E-state index in [1.165, 1.54) is 10.9 Å². The van der Waals surface area contributed by atoms with E-state index in [1.807, 2.05) is 39.0 Å². The number of phenols is 1. The first-order valence-corrected chi connectivity index (χ1v) is 12.4. The van der Waals surface area contributed by atoms with Crippen molar-refractivity contribution in [2.45, 2.75) is 65.1 Å². The van der Waals surface area contributed by atoms with Crippen molar-refractivity contribution in [2.24, 2.45) is 0 Å². The van der Waals surface area contributed by atoms with Gasteiger partial charge in [-0.15, -0.1) is 0 Å². The first kappa shape index (κ1) is 24.2. The number of para-hydroxylation sites is 1. The number of amides is 2. The van der Waals surface area contributed by atoms with Gasteiger partial charge in [0.1, 0.15) is 17.5 Å². The Morgan fingerprint density at radius 3 is 2.64 bits per heavy atom. The molecule has 190 valence electrons. The van der Waals surface area contributed by atoms with Gasteiger partial charge in [0.15, 0.2) is 5.60 Å². The minimum absolute atomic E-state index is 0.258. The van der Waals surface area contributed by atoms with Crippen LogP contribution in [-0.4, -0.2) is 56.7 Å². The Morgan fingerprint density at radius 2 is 1.89 bits per heavy atom. The van der Waals surface area contributed by atoms with E-state index in [2.05, 4.69) is 16.4 Å². The number of hydrogen-bond donors (Lipinski definition) is 4. The highest BCUT2D eigenvalue weighted by Crippen LogP contribution is 2.43. The second-order valence-corrected chi connectivity index (χ2v) is 10.2. The van der Waals surface area contributed by atoms with Gasteiger partial charge < -0.3 is 30.2 Å². The molecule has 2 atom stereocenters. The molecule has 2 aliphatic rings. The van der Waals surface area contributed by atoms with Crippen LogP contribution in [0.4, 0.5) is 0 Å². The summed E-state index contributed by atoms with van der Waals surface area (Å²) in [6.45, 7) is 7.66. The summed E-state index contributed by atoms with van der Waals surface area (Å²) in [4.78, 5) is 31.8. The van der Waals surface area contributed by atoms with Crippen molar-refractivity contribution in [3.05, 3.63) is 57.8 Å². The van der Waals surface area contributed by atoms with Crippen LogP contribution in [0.1, 0.15) is 46.9 Å². The SMILES string of the molecule is Cc1c(C)c2c(c(C)c1O)CCC(C)(C(=O)NC(CO)C(=O)N1CCc3c([nH]c4ccccc34)C1)O2. The van der Waals surface area contributed by atoms with Crippen LogP contribution >= 0.6 is 0 Å². The van der Waals surface area contributed by atoms with E-state index in [0.717, 1.165) is 33.5 Å². The van der Waals surface area contributed by atoms with E-state index in [4.69, 9.17) is 4.74 Å². The van der Waals surface area contributed by atoms with Gasteiger partial charge in [-0.3, -0.25) is 9.59 Å². The Bertz CT molecular complexity index is 1380. The molecule has 2 aromatic carbocycles. The molecule has 3 heterocycles. The number of ether oxygens (including phenoxy) is 1. The summed E-state index contributed by atoms with van der Waals surface area (Å²) in [6, 6.07) is 7.02. The number of aromatic hydroxyl groups is 1. The second-order valence-electron chi connectivity index (χ2n) is 10.2. The third-order valence-electron chi connectivity index (χ3n) is 7.98. The Hall–Kier alpha value is -3.52. The molecular formula is C28H33N3O5. The number of nitrogens with zero attached hydrogens (tertiary/aromatic N) is 1. The van der Waals surface area contributed by atoms with Gasteiger partial charge >= 0.3 is 0 Å². The largest absolute Gasteiger partial charge is 0.507 e. The van der Waals surface area contributed by atoms with E-state index in [9.17, 15) is 19.8 Å². The van der Waals surface area contributed by atoms with Gasteiger partial charge in [0.25, 0.3) is 5.91 Å². The van der Waals surface area contributed by atoms with Gasteiger partial charge in [0.2, 0.25) is 5.91 Å². The molecule has 4 N–H and O–H groups in total. The van der Waals surface area contributed by atoms with Crippen molar-refractivity contribution in [1.82, 2.24) is 15.2 Å². The lowest BCUT2D eigenvalue weighted by Gasteiger charge is -2.38. The monoisotopic (exact) mass is 491 g/mol.